The third kappa shape index (κ3) is 6.87. The molecule has 0 spiro atoms. The second-order valence-electron chi connectivity index (χ2n) is 5.72. The van der Waals surface area contributed by atoms with Gasteiger partial charge in [-0.15, -0.1) is 0 Å². The zero-order chi connectivity index (χ0) is 14.1. The summed E-state index contributed by atoms with van der Waals surface area (Å²) < 4.78 is 0.413. The summed E-state index contributed by atoms with van der Waals surface area (Å²) >= 11 is 2.08. The fourth-order valence-electron chi connectivity index (χ4n) is 2.50. The summed E-state index contributed by atoms with van der Waals surface area (Å²) in [5.41, 5.74) is 1.31. The molecule has 19 heavy (non-hydrogen) atoms. The molecule has 0 radical (unpaired) electrons. The molecular weight excluding hydrogens is 248 g/mol. The van der Waals surface area contributed by atoms with Gasteiger partial charge in [0.25, 0.3) is 0 Å². The van der Waals surface area contributed by atoms with Crippen molar-refractivity contribution in [2.75, 3.05) is 5.75 Å². The van der Waals surface area contributed by atoms with E-state index in [0.717, 1.165) is 5.92 Å². The van der Waals surface area contributed by atoms with Gasteiger partial charge in [-0.3, -0.25) is 0 Å². The van der Waals surface area contributed by atoms with E-state index in [9.17, 15) is 0 Å². The van der Waals surface area contributed by atoms with Gasteiger partial charge in [-0.05, 0) is 30.1 Å². The van der Waals surface area contributed by atoms with Gasteiger partial charge in [0.1, 0.15) is 0 Å². The van der Waals surface area contributed by atoms with Crippen molar-refractivity contribution in [1.29, 1.82) is 0 Å². The molecule has 106 valence electrons. The highest BCUT2D eigenvalue weighted by molar-refractivity contribution is 8.00. The predicted octanol–water partition coefficient (Wildman–Crippen LogP) is 6.04. The molecule has 0 amide bonds. The molecule has 1 aromatic rings. The van der Waals surface area contributed by atoms with Crippen LogP contribution in [-0.2, 0) is 0 Å². The van der Waals surface area contributed by atoms with Gasteiger partial charge in [0, 0.05) is 4.75 Å². The Morgan fingerprint density at radius 2 is 1.84 bits per heavy atom. The summed E-state index contributed by atoms with van der Waals surface area (Å²) in [7, 11) is 0. The second kappa shape index (κ2) is 8.47. The molecule has 1 rings (SSSR count). The Labute approximate surface area is 123 Å². The SMILES string of the molecule is CCSC(C)(C)CC(CC)CC=Cc1ccccc1. The molecule has 0 bridgehead atoms. The number of allylic oxidation sites excluding steroid dienone is 1. The van der Waals surface area contributed by atoms with E-state index in [2.05, 4.69) is 81.9 Å². The first kappa shape index (κ1) is 16.4. The molecule has 0 saturated carbocycles. The maximum atomic E-state index is 2.38. The van der Waals surface area contributed by atoms with Crippen LogP contribution in [0.25, 0.3) is 6.08 Å². The van der Waals surface area contributed by atoms with Gasteiger partial charge in [-0.1, -0.05) is 76.6 Å². The first-order chi connectivity index (χ1) is 9.07. The van der Waals surface area contributed by atoms with Crippen LogP contribution in [0.1, 0.15) is 52.5 Å². The number of hydrogen-bond donors (Lipinski definition) is 0. The van der Waals surface area contributed by atoms with Crippen molar-refractivity contribution in [3.05, 3.63) is 42.0 Å². The highest BCUT2D eigenvalue weighted by Gasteiger charge is 2.21. The van der Waals surface area contributed by atoms with Crippen molar-refractivity contribution in [1.82, 2.24) is 0 Å². The Balaban J connectivity index is 2.47. The lowest BCUT2D eigenvalue weighted by molar-refractivity contribution is 0.426. The van der Waals surface area contributed by atoms with Crippen molar-refractivity contribution in [2.24, 2.45) is 5.92 Å². The minimum absolute atomic E-state index is 0.413. The molecule has 0 aliphatic carbocycles. The quantitative estimate of drug-likeness (QED) is 0.558. The Bertz CT molecular complexity index is 365. The average Bonchev–Trinajstić information content (AvgIpc) is 2.38. The third-order valence-corrected chi connectivity index (χ3v) is 4.71. The van der Waals surface area contributed by atoms with E-state index in [1.54, 1.807) is 0 Å². The lowest BCUT2D eigenvalue weighted by atomic mass is 9.91. The van der Waals surface area contributed by atoms with Crippen molar-refractivity contribution >= 4 is 17.8 Å². The minimum Gasteiger partial charge on any atom is -0.156 e. The molecule has 0 nitrogen and oxygen atoms in total. The third-order valence-electron chi connectivity index (χ3n) is 3.47. The molecule has 1 unspecified atom stereocenters. The molecule has 0 heterocycles. The molecule has 0 fully saturated rings. The highest BCUT2D eigenvalue weighted by Crippen LogP contribution is 2.33. The van der Waals surface area contributed by atoms with Gasteiger partial charge < -0.3 is 0 Å². The zero-order valence-electron chi connectivity index (χ0n) is 12.9. The van der Waals surface area contributed by atoms with E-state index in [4.69, 9.17) is 0 Å². The summed E-state index contributed by atoms with van der Waals surface area (Å²) in [5.74, 6) is 2.01. The summed E-state index contributed by atoms with van der Waals surface area (Å²) in [6.45, 7) is 9.33. The summed E-state index contributed by atoms with van der Waals surface area (Å²) in [6, 6.07) is 10.6. The number of benzene rings is 1. The van der Waals surface area contributed by atoms with Gasteiger partial charge in [-0.25, -0.2) is 0 Å². The van der Waals surface area contributed by atoms with E-state index in [-0.39, 0.29) is 0 Å². The van der Waals surface area contributed by atoms with Crippen molar-refractivity contribution in [3.8, 4) is 0 Å². The maximum Gasteiger partial charge on any atom is 0.0106 e. The standard InChI is InChI=1S/C18H28S/c1-5-16(15-18(3,4)19-6-2)13-10-14-17-11-8-7-9-12-17/h7-12,14,16H,5-6,13,15H2,1-4H3. The second-order valence-corrected chi connectivity index (χ2v) is 7.69. The van der Waals surface area contributed by atoms with E-state index >= 15 is 0 Å². The van der Waals surface area contributed by atoms with Gasteiger partial charge >= 0.3 is 0 Å². The van der Waals surface area contributed by atoms with E-state index in [1.165, 1.54) is 30.6 Å². The van der Waals surface area contributed by atoms with E-state index in [1.807, 2.05) is 0 Å². The van der Waals surface area contributed by atoms with Crippen LogP contribution in [0.4, 0.5) is 0 Å². The fourth-order valence-corrected chi connectivity index (χ4v) is 3.63. The molecule has 1 heteroatoms. The first-order valence-electron chi connectivity index (χ1n) is 7.43. The Morgan fingerprint density at radius 3 is 2.42 bits per heavy atom. The van der Waals surface area contributed by atoms with E-state index in [0.29, 0.717) is 4.75 Å². The summed E-state index contributed by atoms with van der Waals surface area (Å²) in [5, 5.41) is 0. The van der Waals surface area contributed by atoms with Crippen molar-refractivity contribution in [3.63, 3.8) is 0 Å². The molecule has 0 aliphatic heterocycles. The molecule has 0 aliphatic rings. The van der Waals surface area contributed by atoms with E-state index < -0.39 is 0 Å². The Kier molecular flexibility index (Phi) is 7.30. The van der Waals surface area contributed by atoms with Crippen molar-refractivity contribution in [2.45, 2.75) is 51.7 Å². The zero-order valence-corrected chi connectivity index (χ0v) is 13.7. The van der Waals surface area contributed by atoms with Crippen LogP contribution in [0.5, 0.6) is 0 Å². The fraction of sp³-hybridized carbons (Fsp3) is 0.556. The first-order valence-corrected chi connectivity index (χ1v) is 8.41. The van der Waals surface area contributed by atoms with Crippen LogP contribution in [0, 0.1) is 5.92 Å². The normalized spacial score (nSPS) is 13.9. The number of hydrogen-bond acceptors (Lipinski definition) is 1. The van der Waals surface area contributed by atoms with Gasteiger partial charge in [0.05, 0.1) is 0 Å². The Hall–Kier alpha value is -0.690. The smallest absolute Gasteiger partial charge is 0.0106 e. The highest BCUT2D eigenvalue weighted by atomic mass is 32.2. The van der Waals surface area contributed by atoms with Crippen LogP contribution in [-0.4, -0.2) is 10.5 Å². The topological polar surface area (TPSA) is 0 Å². The monoisotopic (exact) mass is 276 g/mol. The van der Waals surface area contributed by atoms with Crippen LogP contribution in [0.2, 0.25) is 0 Å². The van der Waals surface area contributed by atoms with Crippen LogP contribution >= 0.6 is 11.8 Å². The molecular formula is C18H28S. The predicted molar refractivity (Wildman–Crippen MR) is 90.7 cm³/mol. The lowest BCUT2D eigenvalue weighted by Gasteiger charge is -2.28. The van der Waals surface area contributed by atoms with Gasteiger partial charge in [0.15, 0.2) is 0 Å². The Morgan fingerprint density at radius 1 is 1.16 bits per heavy atom. The van der Waals surface area contributed by atoms with Crippen molar-refractivity contribution < 1.29 is 0 Å². The summed E-state index contributed by atoms with van der Waals surface area (Å²) in [4.78, 5) is 0. The number of thioether (sulfide) groups is 1. The lowest BCUT2D eigenvalue weighted by Crippen LogP contribution is -2.20. The molecule has 1 atom stereocenters. The van der Waals surface area contributed by atoms with Crippen LogP contribution in [0.3, 0.4) is 0 Å². The van der Waals surface area contributed by atoms with Gasteiger partial charge in [0.2, 0.25) is 0 Å². The molecule has 1 aromatic carbocycles. The van der Waals surface area contributed by atoms with Crippen LogP contribution in [0.15, 0.2) is 36.4 Å². The average molecular weight is 276 g/mol. The minimum atomic E-state index is 0.413. The number of rotatable bonds is 8. The molecule has 0 aromatic heterocycles. The largest absolute Gasteiger partial charge is 0.156 e. The molecule has 0 saturated heterocycles. The summed E-state index contributed by atoms with van der Waals surface area (Å²) in [6.07, 6.45) is 8.37. The molecule has 0 N–H and O–H groups in total. The van der Waals surface area contributed by atoms with Crippen LogP contribution < -0.4 is 0 Å². The van der Waals surface area contributed by atoms with Gasteiger partial charge in [-0.2, -0.15) is 11.8 Å². The maximum absolute atomic E-state index is 2.38.